The Morgan fingerprint density at radius 3 is 2.21 bits per heavy atom. The zero-order valence-corrected chi connectivity index (χ0v) is 19.0. The molecule has 4 aliphatic carbocycles. The summed E-state index contributed by atoms with van der Waals surface area (Å²) in [7, 11) is 1.53. The van der Waals surface area contributed by atoms with Gasteiger partial charge in [0, 0.05) is 12.0 Å². The third-order valence-corrected chi connectivity index (χ3v) is 8.27. The first kappa shape index (κ1) is 20.7. The number of nitrogens with zero attached hydrogens (tertiary/aromatic N) is 1. The van der Waals surface area contributed by atoms with E-state index < -0.39 is 0 Å². The largest absolute Gasteiger partial charge is 0.495 e. The average molecular weight is 462 g/mol. The van der Waals surface area contributed by atoms with Crippen molar-refractivity contribution in [1.82, 2.24) is 0 Å². The SMILES string of the molecule is COc1ccc(C(=O)CCc2ccc(N3C(=O)C4C5C=CC(C6CC56)C4C3=O)cc2)cc1Cl. The Bertz CT molecular complexity index is 1170. The van der Waals surface area contributed by atoms with Crippen molar-refractivity contribution in [3.05, 3.63) is 70.8 Å². The lowest BCUT2D eigenvalue weighted by Crippen LogP contribution is -2.40. The van der Waals surface area contributed by atoms with Gasteiger partial charge in [0.15, 0.2) is 5.78 Å². The van der Waals surface area contributed by atoms with E-state index in [1.165, 1.54) is 12.0 Å². The second kappa shape index (κ2) is 7.56. The quantitative estimate of drug-likeness (QED) is 0.354. The predicted octanol–water partition coefficient (Wildman–Crippen LogP) is 4.72. The highest BCUT2D eigenvalue weighted by Crippen LogP contribution is 2.65. The van der Waals surface area contributed by atoms with Gasteiger partial charge < -0.3 is 4.74 Å². The molecule has 0 radical (unpaired) electrons. The van der Waals surface area contributed by atoms with Crippen LogP contribution in [0.2, 0.25) is 5.02 Å². The van der Waals surface area contributed by atoms with Crippen molar-refractivity contribution in [3.8, 4) is 5.75 Å². The van der Waals surface area contributed by atoms with Crippen molar-refractivity contribution in [3.63, 3.8) is 0 Å². The van der Waals surface area contributed by atoms with Crippen LogP contribution in [-0.2, 0) is 16.0 Å². The van der Waals surface area contributed by atoms with Crippen LogP contribution in [-0.4, -0.2) is 24.7 Å². The minimum Gasteiger partial charge on any atom is -0.495 e. The number of imide groups is 1. The lowest BCUT2D eigenvalue weighted by molar-refractivity contribution is -0.124. The summed E-state index contributed by atoms with van der Waals surface area (Å²) in [6.07, 6.45) is 6.43. The van der Waals surface area contributed by atoms with Gasteiger partial charge in [0.2, 0.25) is 11.8 Å². The highest BCUT2D eigenvalue weighted by atomic mass is 35.5. The number of anilines is 1. The number of allylic oxidation sites excluding steroid dienone is 2. The fourth-order valence-corrected chi connectivity index (χ4v) is 6.52. The fourth-order valence-electron chi connectivity index (χ4n) is 6.27. The van der Waals surface area contributed by atoms with Crippen LogP contribution in [0.1, 0.15) is 28.8 Å². The molecule has 1 saturated heterocycles. The zero-order chi connectivity index (χ0) is 22.9. The van der Waals surface area contributed by atoms with Crippen molar-refractivity contribution in [2.75, 3.05) is 12.0 Å². The van der Waals surface area contributed by atoms with Crippen molar-refractivity contribution in [1.29, 1.82) is 0 Å². The lowest BCUT2D eigenvalue weighted by Gasteiger charge is -2.37. The molecule has 6 atom stereocenters. The molecule has 5 aliphatic rings. The standard InChI is InChI=1S/C27H24ClNO4/c1-33-23-11-5-15(12-21(23)28)22(30)10-4-14-2-6-16(7-3-14)29-26(31)24-17-8-9-18(20-13-19(17)20)25(24)27(29)32/h2-3,5-9,11-12,17-20,24-25H,4,10,13H2,1H3. The molecule has 2 saturated carbocycles. The number of carbonyl (C=O) groups excluding carboxylic acids is 3. The normalized spacial score (nSPS) is 30.9. The van der Waals surface area contributed by atoms with Crippen LogP contribution >= 0.6 is 11.6 Å². The number of aryl methyl sites for hydroxylation is 1. The Morgan fingerprint density at radius 2 is 1.64 bits per heavy atom. The Morgan fingerprint density at radius 1 is 1.00 bits per heavy atom. The van der Waals surface area contributed by atoms with Gasteiger partial charge in [-0.1, -0.05) is 35.9 Å². The summed E-state index contributed by atoms with van der Waals surface area (Å²) < 4.78 is 5.13. The highest BCUT2D eigenvalue weighted by molar-refractivity contribution is 6.32. The van der Waals surface area contributed by atoms with Gasteiger partial charge in [0.25, 0.3) is 0 Å². The summed E-state index contributed by atoms with van der Waals surface area (Å²) in [4.78, 5) is 40.5. The number of rotatable bonds is 6. The number of carbonyl (C=O) groups is 3. The van der Waals surface area contributed by atoms with E-state index in [0.717, 1.165) is 12.0 Å². The molecule has 2 aromatic carbocycles. The van der Waals surface area contributed by atoms with Crippen LogP contribution in [0.4, 0.5) is 5.69 Å². The van der Waals surface area contributed by atoms with Gasteiger partial charge in [-0.3, -0.25) is 19.3 Å². The van der Waals surface area contributed by atoms with Crippen molar-refractivity contribution in [2.45, 2.75) is 19.3 Å². The van der Waals surface area contributed by atoms with Gasteiger partial charge >= 0.3 is 0 Å². The molecule has 6 unspecified atom stereocenters. The van der Waals surface area contributed by atoms with E-state index in [9.17, 15) is 14.4 Å². The highest BCUT2D eigenvalue weighted by Gasteiger charge is 2.67. The Kier molecular flexibility index (Phi) is 4.73. The molecule has 1 aliphatic heterocycles. The third kappa shape index (κ3) is 3.17. The monoisotopic (exact) mass is 461 g/mol. The average Bonchev–Trinajstić information content (AvgIpc) is 3.61. The molecule has 7 rings (SSSR count). The van der Waals surface area contributed by atoms with Gasteiger partial charge in [0.05, 0.1) is 29.7 Å². The zero-order valence-electron chi connectivity index (χ0n) is 18.2. The molecule has 1 heterocycles. The van der Waals surface area contributed by atoms with Gasteiger partial charge in [-0.25, -0.2) is 0 Å². The summed E-state index contributed by atoms with van der Waals surface area (Å²) in [6, 6.07) is 12.5. The van der Waals surface area contributed by atoms with Crippen molar-refractivity contribution in [2.24, 2.45) is 35.5 Å². The third-order valence-electron chi connectivity index (χ3n) is 7.97. The van der Waals surface area contributed by atoms with Crippen LogP contribution in [0.3, 0.4) is 0 Å². The second-order valence-corrected chi connectivity index (χ2v) is 10.0. The summed E-state index contributed by atoms with van der Waals surface area (Å²) in [5.74, 6) is 1.70. The van der Waals surface area contributed by atoms with Crippen LogP contribution in [0.25, 0.3) is 0 Å². The van der Waals surface area contributed by atoms with Crippen molar-refractivity contribution < 1.29 is 19.1 Å². The number of methoxy groups -OCH3 is 1. The van der Waals surface area contributed by atoms with E-state index in [1.54, 1.807) is 18.2 Å². The molecule has 5 nitrogen and oxygen atoms in total. The van der Waals surface area contributed by atoms with Gasteiger partial charge in [-0.2, -0.15) is 0 Å². The maximum Gasteiger partial charge on any atom is 0.238 e. The molecule has 33 heavy (non-hydrogen) atoms. The maximum atomic E-state index is 13.2. The number of ether oxygens (including phenoxy) is 1. The Labute approximate surface area is 197 Å². The van der Waals surface area contributed by atoms with E-state index in [0.29, 0.717) is 46.7 Å². The molecule has 0 N–H and O–H groups in total. The maximum absolute atomic E-state index is 13.2. The van der Waals surface area contributed by atoms with E-state index in [2.05, 4.69) is 12.2 Å². The van der Waals surface area contributed by atoms with Gasteiger partial charge in [0.1, 0.15) is 5.75 Å². The number of amides is 2. The van der Waals surface area contributed by atoms with Crippen LogP contribution < -0.4 is 9.64 Å². The molecule has 0 spiro atoms. The van der Waals surface area contributed by atoms with Crippen molar-refractivity contribution >= 4 is 34.9 Å². The van der Waals surface area contributed by atoms with E-state index in [4.69, 9.17) is 16.3 Å². The molecule has 2 aromatic rings. The van der Waals surface area contributed by atoms with Crippen LogP contribution in [0.5, 0.6) is 5.75 Å². The first-order chi connectivity index (χ1) is 16.0. The number of halogens is 1. The molecule has 6 heteroatoms. The summed E-state index contributed by atoms with van der Waals surface area (Å²) in [6.45, 7) is 0. The minimum absolute atomic E-state index is 0.000793. The van der Waals surface area contributed by atoms with E-state index >= 15 is 0 Å². The smallest absolute Gasteiger partial charge is 0.238 e. The first-order valence-electron chi connectivity index (χ1n) is 11.5. The molecule has 168 valence electrons. The summed E-state index contributed by atoms with van der Waals surface area (Å²) >= 11 is 6.13. The van der Waals surface area contributed by atoms with Gasteiger partial charge in [-0.05, 0) is 72.4 Å². The number of ketones is 1. The number of hydrogen-bond donors (Lipinski definition) is 0. The Balaban J connectivity index is 1.14. The number of benzene rings is 2. The molecular weight excluding hydrogens is 438 g/mol. The van der Waals surface area contributed by atoms with Crippen LogP contribution in [0.15, 0.2) is 54.6 Å². The molecule has 2 bridgehead atoms. The molecule has 0 aromatic heterocycles. The molecule has 3 fully saturated rings. The Hall–Kier alpha value is -2.92. The topological polar surface area (TPSA) is 63.7 Å². The predicted molar refractivity (Wildman–Crippen MR) is 124 cm³/mol. The number of hydrogen-bond acceptors (Lipinski definition) is 4. The number of Topliss-reactive ketones (excluding diaryl/α,β-unsaturated/α-hetero) is 1. The lowest BCUT2D eigenvalue weighted by atomic mass is 9.63. The molecular formula is C27H24ClNO4. The second-order valence-electron chi connectivity index (χ2n) is 9.61. The first-order valence-corrected chi connectivity index (χ1v) is 11.9. The summed E-state index contributed by atoms with van der Waals surface area (Å²) in [5.41, 5.74) is 2.16. The van der Waals surface area contributed by atoms with Crippen LogP contribution in [0, 0.1) is 35.5 Å². The minimum atomic E-state index is -0.190. The van der Waals surface area contributed by atoms with E-state index in [-0.39, 0.29) is 41.3 Å². The summed E-state index contributed by atoms with van der Waals surface area (Å²) in [5, 5.41) is 0.411. The molecule has 2 amide bonds. The fraction of sp³-hybridized carbons (Fsp3) is 0.370. The van der Waals surface area contributed by atoms with Gasteiger partial charge in [-0.15, -0.1) is 0 Å². The van der Waals surface area contributed by atoms with E-state index in [1.807, 2.05) is 24.3 Å².